The van der Waals surface area contributed by atoms with Gasteiger partial charge < -0.3 is 15.2 Å². The Morgan fingerprint density at radius 1 is 1.12 bits per heavy atom. The highest BCUT2D eigenvalue weighted by atomic mass is 35.5. The van der Waals surface area contributed by atoms with Gasteiger partial charge in [0, 0.05) is 19.0 Å². The second kappa shape index (κ2) is 10.9. The summed E-state index contributed by atoms with van der Waals surface area (Å²) in [5.74, 6) is -1.52. The van der Waals surface area contributed by atoms with Crippen LogP contribution in [0.1, 0.15) is 82.9 Å². The van der Waals surface area contributed by atoms with E-state index in [0.717, 1.165) is 18.4 Å². The lowest BCUT2D eigenvalue weighted by atomic mass is 9.87. The van der Waals surface area contributed by atoms with Gasteiger partial charge in [0.2, 0.25) is 0 Å². The van der Waals surface area contributed by atoms with Crippen LogP contribution in [0.2, 0.25) is 4.34 Å². The summed E-state index contributed by atoms with van der Waals surface area (Å²) in [5, 5.41) is 11.9. The lowest BCUT2D eigenvalue weighted by Crippen LogP contribution is -2.27. The molecule has 0 aliphatic heterocycles. The molecule has 0 radical (unpaired) electrons. The molecule has 0 bridgehead atoms. The van der Waals surface area contributed by atoms with E-state index in [4.69, 9.17) is 21.4 Å². The average molecular weight is 508 g/mol. The van der Waals surface area contributed by atoms with E-state index in [9.17, 15) is 18.8 Å². The van der Waals surface area contributed by atoms with Crippen molar-refractivity contribution in [2.75, 3.05) is 6.54 Å². The number of rotatable bonds is 10. The predicted molar refractivity (Wildman–Crippen MR) is 128 cm³/mol. The van der Waals surface area contributed by atoms with E-state index in [1.54, 1.807) is 6.07 Å². The molecule has 2 aliphatic carbocycles. The molecule has 1 amide bonds. The van der Waals surface area contributed by atoms with Crippen LogP contribution in [0, 0.1) is 11.7 Å². The van der Waals surface area contributed by atoms with Gasteiger partial charge in [-0.2, -0.15) is 0 Å². The Bertz CT molecular complexity index is 1080. The SMILES string of the molecule is O=C(NCCCC(=O)c1ccc(OC2CCC(C(=O)O)CC2)cc1F)c1cc(C2CC2)c(Cl)s1. The third kappa shape index (κ3) is 6.16. The molecule has 2 saturated carbocycles. The van der Waals surface area contributed by atoms with E-state index in [0.29, 0.717) is 59.5 Å². The van der Waals surface area contributed by atoms with Gasteiger partial charge in [-0.3, -0.25) is 14.4 Å². The van der Waals surface area contributed by atoms with Crippen LogP contribution in [0.4, 0.5) is 4.39 Å². The Balaban J connectivity index is 1.21. The van der Waals surface area contributed by atoms with Gasteiger partial charge >= 0.3 is 5.97 Å². The van der Waals surface area contributed by atoms with E-state index in [2.05, 4.69) is 5.32 Å². The molecule has 182 valence electrons. The summed E-state index contributed by atoms with van der Waals surface area (Å²) in [6.45, 7) is 0.306. The second-order valence-corrected chi connectivity index (χ2v) is 10.6. The smallest absolute Gasteiger partial charge is 0.306 e. The molecule has 2 N–H and O–H groups in total. The van der Waals surface area contributed by atoms with Gasteiger partial charge in [0.15, 0.2) is 5.78 Å². The van der Waals surface area contributed by atoms with Gasteiger partial charge in [-0.25, -0.2) is 4.39 Å². The van der Waals surface area contributed by atoms with Gasteiger partial charge in [-0.1, -0.05) is 11.6 Å². The number of carbonyl (C=O) groups excluding carboxylic acids is 2. The van der Waals surface area contributed by atoms with E-state index in [1.165, 1.54) is 23.5 Å². The molecule has 0 spiro atoms. The number of carboxylic acids is 1. The normalized spacial score (nSPS) is 20.1. The first-order chi connectivity index (χ1) is 16.3. The number of aliphatic carboxylic acids is 1. The molecule has 4 rings (SSSR count). The number of carboxylic acid groups (broad SMARTS) is 1. The number of nitrogens with one attached hydrogen (secondary N) is 1. The van der Waals surface area contributed by atoms with E-state index < -0.39 is 11.8 Å². The van der Waals surface area contributed by atoms with Crippen LogP contribution in [-0.2, 0) is 4.79 Å². The lowest BCUT2D eigenvalue weighted by Gasteiger charge is -2.26. The molecule has 1 heterocycles. The molecule has 0 saturated heterocycles. The van der Waals surface area contributed by atoms with Crippen LogP contribution < -0.4 is 10.1 Å². The summed E-state index contributed by atoms with van der Waals surface area (Å²) in [7, 11) is 0. The van der Waals surface area contributed by atoms with Gasteiger partial charge in [-0.15, -0.1) is 11.3 Å². The Morgan fingerprint density at radius 3 is 2.50 bits per heavy atom. The zero-order valence-corrected chi connectivity index (χ0v) is 20.2. The first kappa shape index (κ1) is 24.7. The topological polar surface area (TPSA) is 92.7 Å². The van der Waals surface area contributed by atoms with Gasteiger partial charge in [0.25, 0.3) is 5.91 Å². The number of amides is 1. The number of thiophene rings is 1. The highest BCUT2D eigenvalue weighted by Gasteiger charge is 2.29. The van der Waals surface area contributed by atoms with Crippen molar-refractivity contribution in [1.29, 1.82) is 0 Å². The van der Waals surface area contributed by atoms with Crippen molar-refractivity contribution in [3.8, 4) is 5.75 Å². The van der Waals surface area contributed by atoms with Crippen LogP contribution in [0.25, 0.3) is 0 Å². The number of ether oxygens (including phenoxy) is 1. The van der Waals surface area contributed by atoms with Gasteiger partial charge in [0.05, 0.1) is 26.8 Å². The zero-order chi connectivity index (χ0) is 24.2. The second-order valence-electron chi connectivity index (χ2n) is 8.97. The van der Waals surface area contributed by atoms with Gasteiger partial charge in [-0.05, 0) is 74.6 Å². The van der Waals surface area contributed by atoms with Crippen molar-refractivity contribution in [1.82, 2.24) is 5.32 Å². The van der Waals surface area contributed by atoms with Crippen molar-refractivity contribution in [2.24, 2.45) is 5.92 Å². The lowest BCUT2D eigenvalue weighted by molar-refractivity contribution is -0.143. The number of ketones is 1. The standard InChI is InChI=1S/C25H27ClFNO5S/c26-23-19(14-3-4-14)13-22(34-23)24(30)28-11-1-2-21(29)18-10-9-17(12-20(18)27)33-16-7-5-15(6-8-16)25(31)32/h9-10,12-16H,1-8,11H2,(H,28,30)(H,31,32). The summed E-state index contributed by atoms with van der Waals surface area (Å²) in [6.07, 6.45) is 4.84. The number of Topliss-reactive ketones (excluding diaryl/α,β-unsaturated/α-hetero) is 1. The van der Waals surface area contributed by atoms with Crippen LogP contribution in [0.15, 0.2) is 24.3 Å². The van der Waals surface area contributed by atoms with Crippen molar-refractivity contribution in [3.63, 3.8) is 0 Å². The summed E-state index contributed by atoms with van der Waals surface area (Å²) in [4.78, 5) is 36.4. The molecular formula is C25H27ClFNO5S. The third-order valence-corrected chi connectivity index (χ3v) is 7.78. The molecule has 2 aliphatic rings. The number of hydrogen-bond acceptors (Lipinski definition) is 5. The summed E-state index contributed by atoms with van der Waals surface area (Å²) >= 11 is 7.49. The first-order valence-electron chi connectivity index (χ1n) is 11.6. The minimum Gasteiger partial charge on any atom is -0.490 e. The summed E-state index contributed by atoms with van der Waals surface area (Å²) in [6, 6.07) is 6.04. The number of halogens is 2. The molecule has 2 fully saturated rings. The van der Waals surface area contributed by atoms with Crippen molar-refractivity contribution >= 4 is 40.6 Å². The predicted octanol–water partition coefficient (Wildman–Crippen LogP) is 5.83. The molecule has 0 atom stereocenters. The van der Waals surface area contributed by atoms with E-state index >= 15 is 0 Å². The van der Waals surface area contributed by atoms with Crippen LogP contribution >= 0.6 is 22.9 Å². The summed E-state index contributed by atoms with van der Waals surface area (Å²) < 4.78 is 21.0. The van der Waals surface area contributed by atoms with Crippen LogP contribution in [-0.4, -0.2) is 35.4 Å². The molecule has 0 unspecified atom stereocenters. The van der Waals surface area contributed by atoms with E-state index in [-0.39, 0.29) is 35.7 Å². The maximum absolute atomic E-state index is 14.5. The fraction of sp³-hybridized carbons (Fsp3) is 0.480. The van der Waals surface area contributed by atoms with Crippen molar-refractivity contribution in [3.05, 3.63) is 50.4 Å². The Hall–Kier alpha value is -2.45. The van der Waals surface area contributed by atoms with Gasteiger partial charge in [0.1, 0.15) is 11.6 Å². The van der Waals surface area contributed by atoms with Crippen molar-refractivity contribution < 1.29 is 28.6 Å². The molecule has 1 aromatic carbocycles. The Morgan fingerprint density at radius 2 is 1.85 bits per heavy atom. The molecule has 34 heavy (non-hydrogen) atoms. The number of benzene rings is 1. The minimum absolute atomic E-state index is 0.00706. The highest BCUT2D eigenvalue weighted by Crippen LogP contribution is 2.46. The fourth-order valence-electron chi connectivity index (χ4n) is 4.26. The number of carbonyl (C=O) groups is 3. The minimum atomic E-state index is -0.787. The molecule has 6 nitrogen and oxygen atoms in total. The Labute approximate surface area is 206 Å². The maximum Gasteiger partial charge on any atom is 0.306 e. The first-order valence-corrected chi connectivity index (χ1v) is 12.8. The fourth-order valence-corrected chi connectivity index (χ4v) is 5.60. The van der Waals surface area contributed by atoms with E-state index in [1.807, 2.05) is 6.07 Å². The third-order valence-electron chi connectivity index (χ3n) is 6.39. The van der Waals surface area contributed by atoms with Crippen LogP contribution in [0.3, 0.4) is 0 Å². The number of hydrogen-bond donors (Lipinski definition) is 2. The zero-order valence-electron chi connectivity index (χ0n) is 18.6. The van der Waals surface area contributed by atoms with Crippen LogP contribution in [0.5, 0.6) is 5.75 Å². The molecule has 9 heteroatoms. The molecule has 2 aromatic rings. The molecule has 1 aromatic heterocycles. The maximum atomic E-state index is 14.5. The summed E-state index contributed by atoms with van der Waals surface area (Å²) in [5.41, 5.74) is 1.04. The monoisotopic (exact) mass is 507 g/mol. The average Bonchev–Trinajstić information content (AvgIpc) is 3.58. The Kier molecular flexibility index (Phi) is 7.88. The largest absolute Gasteiger partial charge is 0.490 e. The molecular weight excluding hydrogens is 481 g/mol. The highest BCUT2D eigenvalue weighted by molar-refractivity contribution is 7.18. The van der Waals surface area contributed by atoms with Crippen molar-refractivity contribution in [2.45, 2.75) is 63.4 Å². The quantitative estimate of drug-likeness (QED) is 0.311.